The molecule has 0 bridgehead atoms. The third kappa shape index (κ3) is 2.28. The molecular formula is C9H10BrN5OS. The molecule has 0 amide bonds. The first-order valence-electron chi connectivity index (χ1n) is 4.81. The SMILES string of the molecule is CC(N)c1nc(C(=O)c2c(Br)nnn2C)cs1. The Morgan fingerprint density at radius 2 is 2.35 bits per heavy atom. The van der Waals surface area contributed by atoms with E-state index in [1.807, 2.05) is 6.92 Å². The number of carbonyl (C=O) groups excluding carboxylic acids is 1. The van der Waals surface area contributed by atoms with Crippen molar-refractivity contribution < 1.29 is 4.79 Å². The maximum Gasteiger partial charge on any atom is 0.233 e. The molecule has 90 valence electrons. The quantitative estimate of drug-likeness (QED) is 0.862. The number of nitrogens with two attached hydrogens (primary N) is 1. The van der Waals surface area contributed by atoms with E-state index in [1.54, 1.807) is 12.4 Å². The lowest BCUT2D eigenvalue weighted by molar-refractivity contribution is 0.102. The smallest absolute Gasteiger partial charge is 0.233 e. The van der Waals surface area contributed by atoms with Crippen molar-refractivity contribution in [2.75, 3.05) is 0 Å². The number of hydrogen-bond acceptors (Lipinski definition) is 6. The zero-order chi connectivity index (χ0) is 12.6. The van der Waals surface area contributed by atoms with Crippen LogP contribution in [-0.2, 0) is 7.05 Å². The molecule has 17 heavy (non-hydrogen) atoms. The molecule has 0 aliphatic heterocycles. The molecule has 0 aromatic carbocycles. The van der Waals surface area contributed by atoms with Crippen LogP contribution in [-0.4, -0.2) is 25.8 Å². The fraction of sp³-hybridized carbons (Fsp3) is 0.333. The Labute approximate surface area is 110 Å². The molecule has 2 N–H and O–H groups in total. The van der Waals surface area contributed by atoms with Crippen LogP contribution in [0.3, 0.4) is 0 Å². The predicted octanol–water partition coefficient (Wildman–Crippen LogP) is 1.28. The minimum absolute atomic E-state index is 0.172. The molecule has 6 nitrogen and oxygen atoms in total. The van der Waals surface area contributed by atoms with E-state index in [-0.39, 0.29) is 11.8 Å². The van der Waals surface area contributed by atoms with Crippen LogP contribution in [0, 0.1) is 0 Å². The van der Waals surface area contributed by atoms with E-state index in [0.29, 0.717) is 16.0 Å². The van der Waals surface area contributed by atoms with Crippen molar-refractivity contribution >= 4 is 33.0 Å². The molecule has 2 heterocycles. The van der Waals surface area contributed by atoms with Gasteiger partial charge in [0.05, 0.1) is 6.04 Å². The van der Waals surface area contributed by atoms with Gasteiger partial charge in [-0.3, -0.25) is 4.79 Å². The number of hydrogen-bond donors (Lipinski definition) is 1. The highest BCUT2D eigenvalue weighted by Crippen LogP contribution is 2.20. The molecule has 0 saturated carbocycles. The van der Waals surface area contributed by atoms with E-state index in [2.05, 4.69) is 31.2 Å². The Kier molecular flexibility index (Phi) is 3.36. The topological polar surface area (TPSA) is 86.7 Å². The molecule has 0 radical (unpaired) electrons. The van der Waals surface area contributed by atoms with Crippen molar-refractivity contribution in [1.29, 1.82) is 0 Å². The summed E-state index contributed by atoms with van der Waals surface area (Å²) in [5, 5.41) is 9.95. The summed E-state index contributed by atoms with van der Waals surface area (Å²) in [7, 11) is 1.66. The van der Waals surface area contributed by atoms with E-state index in [1.165, 1.54) is 16.0 Å². The highest BCUT2D eigenvalue weighted by Gasteiger charge is 2.21. The van der Waals surface area contributed by atoms with Crippen LogP contribution >= 0.6 is 27.3 Å². The molecule has 8 heteroatoms. The van der Waals surface area contributed by atoms with Gasteiger partial charge in [0.1, 0.15) is 16.4 Å². The number of carbonyl (C=O) groups is 1. The summed E-state index contributed by atoms with van der Waals surface area (Å²) in [6.45, 7) is 1.83. The lowest BCUT2D eigenvalue weighted by Gasteiger charge is -1.98. The molecule has 2 rings (SSSR count). The van der Waals surface area contributed by atoms with Crippen LogP contribution < -0.4 is 5.73 Å². The molecule has 0 aliphatic rings. The zero-order valence-corrected chi connectivity index (χ0v) is 11.6. The Balaban J connectivity index is 2.37. The number of thiazole rings is 1. The number of ketones is 1. The van der Waals surface area contributed by atoms with E-state index in [4.69, 9.17) is 5.73 Å². The molecule has 2 aromatic rings. The summed E-state index contributed by atoms with van der Waals surface area (Å²) in [6.07, 6.45) is 0. The molecule has 0 spiro atoms. The van der Waals surface area contributed by atoms with Gasteiger partial charge in [-0.25, -0.2) is 9.67 Å². The molecule has 2 aromatic heterocycles. The summed E-state index contributed by atoms with van der Waals surface area (Å²) >= 11 is 4.56. The van der Waals surface area contributed by atoms with Crippen molar-refractivity contribution in [3.05, 3.63) is 26.4 Å². The first kappa shape index (κ1) is 12.3. The summed E-state index contributed by atoms with van der Waals surface area (Å²) in [4.78, 5) is 16.4. The van der Waals surface area contributed by atoms with E-state index in [9.17, 15) is 4.79 Å². The second kappa shape index (κ2) is 4.63. The summed E-state index contributed by atoms with van der Waals surface area (Å²) in [6, 6.07) is -0.172. The van der Waals surface area contributed by atoms with Gasteiger partial charge in [-0.2, -0.15) is 0 Å². The van der Waals surface area contributed by atoms with Crippen LogP contribution in [0.15, 0.2) is 9.98 Å². The van der Waals surface area contributed by atoms with Crippen molar-refractivity contribution in [2.24, 2.45) is 12.8 Å². The molecule has 0 saturated heterocycles. The predicted molar refractivity (Wildman–Crippen MR) is 66.9 cm³/mol. The van der Waals surface area contributed by atoms with Gasteiger partial charge in [0.15, 0.2) is 4.60 Å². The largest absolute Gasteiger partial charge is 0.322 e. The second-order valence-electron chi connectivity index (χ2n) is 3.54. The number of aromatic nitrogens is 4. The van der Waals surface area contributed by atoms with Gasteiger partial charge in [0, 0.05) is 12.4 Å². The van der Waals surface area contributed by atoms with Crippen LogP contribution in [0.25, 0.3) is 0 Å². The highest BCUT2D eigenvalue weighted by atomic mass is 79.9. The van der Waals surface area contributed by atoms with Crippen molar-refractivity contribution in [1.82, 2.24) is 20.0 Å². The van der Waals surface area contributed by atoms with Crippen molar-refractivity contribution in [2.45, 2.75) is 13.0 Å². The first-order valence-corrected chi connectivity index (χ1v) is 6.49. The fourth-order valence-corrected chi connectivity index (χ4v) is 2.56. The Bertz CT molecular complexity index is 542. The first-order chi connectivity index (χ1) is 8.00. The summed E-state index contributed by atoms with van der Waals surface area (Å²) in [5.74, 6) is -0.215. The zero-order valence-electron chi connectivity index (χ0n) is 9.22. The summed E-state index contributed by atoms with van der Waals surface area (Å²) in [5.41, 5.74) is 6.45. The monoisotopic (exact) mass is 315 g/mol. The van der Waals surface area contributed by atoms with Gasteiger partial charge in [0.25, 0.3) is 0 Å². The Morgan fingerprint density at radius 3 is 2.82 bits per heavy atom. The van der Waals surface area contributed by atoms with Crippen LogP contribution in [0.1, 0.15) is 34.2 Å². The molecule has 1 atom stereocenters. The van der Waals surface area contributed by atoms with Gasteiger partial charge in [-0.1, -0.05) is 5.21 Å². The Morgan fingerprint density at radius 1 is 1.65 bits per heavy atom. The molecule has 0 fully saturated rings. The number of rotatable bonds is 3. The van der Waals surface area contributed by atoms with Gasteiger partial charge >= 0.3 is 0 Å². The van der Waals surface area contributed by atoms with Crippen LogP contribution in [0.4, 0.5) is 0 Å². The minimum Gasteiger partial charge on any atom is -0.322 e. The number of aryl methyl sites for hydroxylation is 1. The normalized spacial score (nSPS) is 12.7. The summed E-state index contributed by atoms with van der Waals surface area (Å²) < 4.78 is 1.83. The lowest BCUT2D eigenvalue weighted by atomic mass is 10.2. The van der Waals surface area contributed by atoms with Gasteiger partial charge < -0.3 is 5.73 Å². The van der Waals surface area contributed by atoms with E-state index < -0.39 is 0 Å². The van der Waals surface area contributed by atoms with Gasteiger partial charge in [0.2, 0.25) is 5.78 Å². The molecule has 1 unspecified atom stereocenters. The van der Waals surface area contributed by atoms with E-state index in [0.717, 1.165) is 5.01 Å². The van der Waals surface area contributed by atoms with Crippen molar-refractivity contribution in [3.63, 3.8) is 0 Å². The highest BCUT2D eigenvalue weighted by molar-refractivity contribution is 9.10. The number of halogens is 1. The third-order valence-corrected chi connectivity index (χ3v) is 3.72. The standard InChI is InChI=1S/C9H10BrN5OS/c1-4(11)9-12-5(3-17-9)7(16)6-8(10)13-14-15(6)2/h3-4H,11H2,1-2H3. The average Bonchev–Trinajstić information content (AvgIpc) is 2.85. The average molecular weight is 316 g/mol. The Hall–Kier alpha value is -1.12. The molecule has 0 aliphatic carbocycles. The number of nitrogens with zero attached hydrogens (tertiary/aromatic N) is 4. The van der Waals surface area contributed by atoms with Crippen LogP contribution in [0.5, 0.6) is 0 Å². The van der Waals surface area contributed by atoms with Gasteiger partial charge in [-0.15, -0.1) is 16.4 Å². The van der Waals surface area contributed by atoms with Crippen molar-refractivity contribution in [3.8, 4) is 0 Å². The third-order valence-electron chi connectivity index (χ3n) is 2.14. The maximum atomic E-state index is 12.2. The maximum absolute atomic E-state index is 12.2. The van der Waals surface area contributed by atoms with Gasteiger partial charge in [-0.05, 0) is 22.9 Å². The second-order valence-corrected chi connectivity index (χ2v) is 5.18. The van der Waals surface area contributed by atoms with E-state index >= 15 is 0 Å². The lowest BCUT2D eigenvalue weighted by Crippen LogP contribution is -2.10. The molecular weight excluding hydrogens is 306 g/mol. The fourth-order valence-electron chi connectivity index (χ4n) is 1.29. The van der Waals surface area contributed by atoms with Crippen LogP contribution in [0.2, 0.25) is 0 Å². The minimum atomic E-state index is -0.215.